The number of benzene rings is 1. The molecule has 1 fully saturated rings. The molecule has 1 aliphatic rings. The molecule has 1 aliphatic heterocycles. The average Bonchev–Trinajstić information content (AvgIpc) is 2.70. The van der Waals surface area contributed by atoms with Crippen molar-refractivity contribution in [1.29, 1.82) is 0 Å². The van der Waals surface area contributed by atoms with Gasteiger partial charge in [-0.25, -0.2) is 4.39 Å². The van der Waals surface area contributed by atoms with E-state index in [0.717, 1.165) is 6.42 Å². The maximum Gasteiger partial charge on any atom is 0.131 e. The Hall–Kier alpha value is -1.13. The highest BCUT2D eigenvalue weighted by molar-refractivity contribution is 5.37. The summed E-state index contributed by atoms with van der Waals surface area (Å²) in [5.41, 5.74) is 6.18. The first kappa shape index (κ1) is 11.4. The SMILES string of the molecule is CC(N)c1c(F)cccc1OC1CCOC1. The van der Waals surface area contributed by atoms with Crippen LogP contribution in [0.25, 0.3) is 0 Å². The fraction of sp³-hybridized carbons (Fsp3) is 0.500. The first-order valence-corrected chi connectivity index (χ1v) is 5.47. The first-order valence-electron chi connectivity index (χ1n) is 5.47. The molecule has 1 aromatic rings. The molecule has 3 nitrogen and oxygen atoms in total. The van der Waals surface area contributed by atoms with Crippen LogP contribution in [0.1, 0.15) is 24.9 Å². The Balaban J connectivity index is 2.21. The van der Waals surface area contributed by atoms with E-state index >= 15 is 0 Å². The smallest absolute Gasteiger partial charge is 0.131 e. The molecule has 2 rings (SSSR count). The third kappa shape index (κ3) is 2.33. The lowest BCUT2D eigenvalue weighted by atomic mass is 10.1. The van der Waals surface area contributed by atoms with E-state index in [1.807, 2.05) is 0 Å². The number of ether oxygens (including phenoxy) is 2. The molecular formula is C12H16FNO2. The fourth-order valence-corrected chi connectivity index (χ4v) is 1.85. The highest BCUT2D eigenvalue weighted by Gasteiger charge is 2.20. The molecule has 0 saturated carbocycles. The minimum atomic E-state index is -0.376. The van der Waals surface area contributed by atoms with Crippen LogP contribution >= 0.6 is 0 Å². The van der Waals surface area contributed by atoms with Crippen LogP contribution in [-0.2, 0) is 4.74 Å². The zero-order chi connectivity index (χ0) is 11.5. The van der Waals surface area contributed by atoms with Gasteiger partial charge in [0.25, 0.3) is 0 Å². The molecule has 1 aromatic carbocycles. The van der Waals surface area contributed by atoms with Crippen LogP contribution in [0.2, 0.25) is 0 Å². The topological polar surface area (TPSA) is 44.5 Å². The Morgan fingerprint density at radius 3 is 3.00 bits per heavy atom. The van der Waals surface area contributed by atoms with Gasteiger partial charge in [0.05, 0.1) is 13.2 Å². The highest BCUT2D eigenvalue weighted by Crippen LogP contribution is 2.28. The largest absolute Gasteiger partial charge is 0.487 e. The predicted octanol–water partition coefficient (Wildman–Crippen LogP) is 2.01. The van der Waals surface area contributed by atoms with Crippen LogP contribution in [0.3, 0.4) is 0 Å². The minimum Gasteiger partial charge on any atom is -0.487 e. The molecule has 0 radical (unpaired) electrons. The summed E-state index contributed by atoms with van der Waals surface area (Å²) in [5, 5.41) is 0. The van der Waals surface area contributed by atoms with E-state index in [4.69, 9.17) is 15.2 Å². The monoisotopic (exact) mass is 225 g/mol. The van der Waals surface area contributed by atoms with Gasteiger partial charge in [-0.15, -0.1) is 0 Å². The Labute approximate surface area is 94.3 Å². The summed E-state index contributed by atoms with van der Waals surface area (Å²) in [5.74, 6) is 0.219. The molecule has 0 amide bonds. The van der Waals surface area contributed by atoms with E-state index in [1.165, 1.54) is 6.07 Å². The van der Waals surface area contributed by atoms with Gasteiger partial charge in [-0.05, 0) is 19.1 Å². The van der Waals surface area contributed by atoms with Gasteiger partial charge in [-0.1, -0.05) is 6.07 Å². The van der Waals surface area contributed by atoms with Crippen molar-refractivity contribution >= 4 is 0 Å². The van der Waals surface area contributed by atoms with Crippen LogP contribution in [0, 0.1) is 5.82 Å². The summed E-state index contributed by atoms with van der Waals surface area (Å²) in [7, 11) is 0. The van der Waals surface area contributed by atoms with Crippen molar-refractivity contribution in [2.45, 2.75) is 25.5 Å². The third-order valence-electron chi connectivity index (χ3n) is 2.65. The van der Waals surface area contributed by atoms with Gasteiger partial charge >= 0.3 is 0 Å². The molecule has 1 saturated heterocycles. The standard InChI is InChI=1S/C12H16FNO2/c1-8(14)12-10(13)3-2-4-11(12)16-9-5-6-15-7-9/h2-4,8-9H,5-7,14H2,1H3. The summed E-state index contributed by atoms with van der Waals surface area (Å²) in [4.78, 5) is 0. The maximum atomic E-state index is 13.6. The van der Waals surface area contributed by atoms with Crippen LogP contribution < -0.4 is 10.5 Å². The van der Waals surface area contributed by atoms with E-state index in [2.05, 4.69) is 0 Å². The zero-order valence-electron chi connectivity index (χ0n) is 9.28. The van der Waals surface area contributed by atoms with Crippen molar-refractivity contribution in [3.05, 3.63) is 29.6 Å². The van der Waals surface area contributed by atoms with Crippen LogP contribution in [0.5, 0.6) is 5.75 Å². The number of rotatable bonds is 3. The Kier molecular flexibility index (Phi) is 3.41. The molecule has 0 aliphatic carbocycles. The Morgan fingerprint density at radius 1 is 1.56 bits per heavy atom. The molecule has 1 heterocycles. The molecule has 16 heavy (non-hydrogen) atoms. The van der Waals surface area contributed by atoms with Crippen LogP contribution in [0.4, 0.5) is 4.39 Å². The highest BCUT2D eigenvalue weighted by atomic mass is 19.1. The van der Waals surface area contributed by atoms with Gasteiger partial charge in [0.15, 0.2) is 0 Å². The number of halogens is 1. The van der Waals surface area contributed by atoms with Crippen molar-refractivity contribution in [3.8, 4) is 5.75 Å². The maximum absolute atomic E-state index is 13.6. The molecule has 2 unspecified atom stereocenters. The third-order valence-corrected chi connectivity index (χ3v) is 2.65. The van der Waals surface area contributed by atoms with Gasteiger partial charge in [-0.3, -0.25) is 0 Å². The first-order chi connectivity index (χ1) is 7.68. The number of hydrogen-bond acceptors (Lipinski definition) is 3. The second kappa shape index (κ2) is 4.80. The normalized spacial score (nSPS) is 22.1. The van der Waals surface area contributed by atoms with E-state index in [9.17, 15) is 4.39 Å². The average molecular weight is 225 g/mol. The van der Waals surface area contributed by atoms with E-state index in [1.54, 1.807) is 19.1 Å². The van der Waals surface area contributed by atoms with Gasteiger partial charge in [0.2, 0.25) is 0 Å². The van der Waals surface area contributed by atoms with Crippen molar-refractivity contribution in [3.63, 3.8) is 0 Å². The summed E-state index contributed by atoms with van der Waals surface area (Å²) in [6.45, 7) is 3.01. The summed E-state index contributed by atoms with van der Waals surface area (Å²) < 4.78 is 24.5. The van der Waals surface area contributed by atoms with Crippen molar-refractivity contribution < 1.29 is 13.9 Å². The summed E-state index contributed by atoms with van der Waals surface area (Å²) in [6.07, 6.45) is 0.855. The van der Waals surface area contributed by atoms with E-state index < -0.39 is 0 Å². The quantitative estimate of drug-likeness (QED) is 0.855. The zero-order valence-corrected chi connectivity index (χ0v) is 9.28. The van der Waals surface area contributed by atoms with Gasteiger partial charge < -0.3 is 15.2 Å². The lowest BCUT2D eigenvalue weighted by molar-refractivity contribution is 0.140. The predicted molar refractivity (Wildman–Crippen MR) is 58.9 cm³/mol. The molecule has 2 atom stereocenters. The lowest BCUT2D eigenvalue weighted by Crippen LogP contribution is -2.18. The van der Waals surface area contributed by atoms with Gasteiger partial charge in [0.1, 0.15) is 17.7 Å². The molecule has 0 aromatic heterocycles. The van der Waals surface area contributed by atoms with Crippen LogP contribution in [-0.4, -0.2) is 19.3 Å². The second-order valence-corrected chi connectivity index (χ2v) is 4.04. The van der Waals surface area contributed by atoms with E-state index in [0.29, 0.717) is 24.5 Å². The molecular weight excluding hydrogens is 209 g/mol. The Bertz CT molecular complexity index is 362. The lowest BCUT2D eigenvalue weighted by Gasteiger charge is -2.17. The number of hydrogen-bond donors (Lipinski definition) is 1. The molecule has 4 heteroatoms. The Morgan fingerprint density at radius 2 is 2.38 bits per heavy atom. The van der Waals surface area contributed by atoms with Crippen molar-refractivity contribution in [1.82, 2.24) is 0 Å². The molecule has 2 N–H and O–H groups in total. The van der Waals surface area contributed by atoms with Crippen molar-refractivity contribution in [2.24, 2.45) is 5.73 Å². The fourth-order valence-electron chi connectivity index (χ4n) is 1.85. The number of nitrogens with two attached hydrogens (primary N) is 1. The second-order valence-electron chi connectivity index (χ2n) is 4.04. The van der Waals surface area contributed by atoms with E-state index in [-0.39, 0.29) is 18.0 Å². The molecule has 0 bridgehead atoms. The summed E-state index contributed by atoms with van der Waals surface area (Å²) >= 11 is 0. The molecule has 0 spiro atoms. The van der Waals surface area contributed by atoms with Crippen LogP contribution in [0.15, 0.2) is 18.2 Å². The van der Waals surface area contributed by atoms with Gasteiger partial charge in [-0.2, -0.15) is 0 Å². The van der Waals surface area contributed by atoms with Gasteiger partial charge in [0, 0.05) is 18.0 Å². The molecule has 88 valence electrons. The van der Waals surface area contributed by atoms with Crippen molar-refractivity contribution in [2.75, 3.05) is 13.2 Å². The summed E-state index contributed by atoms with van der Waals surface area (Å²) in [6, 6.07) is 4.40. The minimum absolute atomic E-state index is 0.0132.